The molecule has 9 N–H and O–H groups in total. The molecule has 14 heteroatoms. The van der Waals surface area contributed by atoms with E-state index in [1.807, 2.05) is 6.92 Å². The predicted molar refractivity (Wildman–Crippen MR) is 258 cm³/mol. The van der Waals surface area contributed by atoms with Crippen LogP contribution in [-0.2, 0) is 23.7 Å². The number of carbonyl (C=O) groups excluding carboxylic acids is 1. The largest absolute Gasteiger partial charge is 0.394 e. The standard InChI is InChI=1S/C52H91NO13/c1-3-5-7-8-9-10-11-12-13-14-15-16-17-18-19-20-21-22-23-24-25-26-27-28-29-30-31-32-34-36-44(57)53-40(41(56)35-33-6-4-2)39-63-51-49(62)47(60)50(43(38-55)65-51)66-52-48(61)46(59)45(58)42(37-54)64-52/h5,7,9-10,12-13,15-16,18-19,40-43,45-52,54-56,58-62H,3-4,6,8,11,14,17,20-39H2,1-2H3,(H,53,57)/b7-5-,10-9-,13-12-,16-15-,19-18-. The van der Waals surface area contributed by atoms with E-state index in [0.717, 1.165) is 77.0 Å². The highest BCUT2D eigenvalue weighted by molar-refractivity contribution is 5.76. The van der Waals surface area contributed by atoms with Crippen molar-refractivity contribution in [3.05, 3.63) is 60.8 Å². The second-order valence-corrected chi connectivity index (χ2v) is 17.9. The van der Waals surface area contributed by atoms with E-state index in [1.54, 1.807) is 0 Å². The number of amides is 1. The summed E-state index contributed by atoms with van der Waals surface area (Å²) < 4.78 is 22.5. The van der Waals surface area contributed by atoms with Crippen LogP contribution in [0.5, 0.6) is 0 Å². The molecule has 2 fully saturated rings. The van der Waals surface area contributed by atoms with E-state index >= 15 is 0 Å². The number of allylic oxidation sites excluding steroid dienone is 10. The molecule has 2 aliphatic heterocycles. The van der Waals surface area contributed by atoms with Gasteiger partial charge in [0.05, 0.1) is 32.0 Å². The van der Waals surface area contributed by atoms with Crippen LogP contribution >= 0.6 is 0 Å². The van der Waals surface area contributed by atoms with Crippen LogP contribution < -0.4 is 5.32 Å². The van der Waals surface area contributed by atoms with Gasteiger partial charge in [-0.2, -0.15) is 0 Å². The van der Waals surface area contributed by atoms with Crippen LogP contribution in [0.2, 0.25) is 0 Å². The zero-order valence-electron chi connectivity index (χ0n) is 40.4. The molecule has 0 aliphatic carbocycles. The second-order valence-electron chi connectivity index (χ2n) is 17.9. The van der Waals surface area contributed by atoms with Crippen molar-refractivity contribution in [1.82, 2.24) is 5.32 Å². The zero-order valence-corrected chi connectivity index (χ0v) is 40.4. The van der Waals surface area contributed by atoms with Crippen LogP contribution in [0.25, 0.3) is 0 Å². The fraction of sp³-hybridized carbons (Fsp3) is 0.788. The third-order valence-electron chi connectivity index (χ3n) is 12.2. The first-order chi connectivity index (χ1) is 32.1. The van der Waals surface area contributed by atoms with Crippen molar-refractivity contribution in [2.75, 3.05) is 19.8 Å². The van der Waals surface area contributed by atoms with Crippen molar-refractivity contribution in [3.8, 4) is 0 Å². The van der Waals surface area contributed by atoms with Gasteiger partial charge in [0.25, 0.3) is 0 Å². The fourth-order valence-electron chi connectivity index (χ4n) is 8.09. The molecular formula is C52H91NO13. The van der Waals surface area contributed by atoms with Gasteiger partial charge in [-0.05, 0) is 57.8 Å². The van der Waals surface area contributed by atoms with Gasteiger partial charge in [-0.25, -0.2) is 0 Å². The molecule has 0 saturated carbocycles. The second kappa shape index (κ2) is 38.5. The first kappa shape index (κ1) is 59.8. The predicted octanol–water partition coefficient (Wildman–Crippen LogP) is 6.66. The van der Waals surface area contributed by atoms with E-state index in [4.69, 9.17) is 18.9 Å². The Labute approximate surface area is 396 Å². The molecule has 0 aromatic heterocycles. The van der Waals surface area contributed by atoms with Crippen LogP contribution in [0.3, 0.4) is 0 Å². The van der Waals surface area contributed by atoms with Gasteiger partial charge < -0.3 is 65.1 Å². The molecule has 0 aromatic rings. The highest BCUT2D eigenvalue weighted by Crippen LogP contribution is 2.30. The molecule has 2 saturated heterocycles. The summed E-state index contributed by atoms with van der Waals surface area (Å²) in [6.45, 7) is 2.54. The lowest BCUT2D eigenvalue weighted by Crippen LogP contribution is -2.65. The molecule has 2 rings (SSSR count). The fourth-order valence-corrected chi connectivity index (χ4v) is 8.09. The monoisotopic (exact) mass is 938 g/mol. The van der Waals surface area contributed by atoms with Crippen LogP contribution in [0.4, 0.5) is 0 Å². The first-order valence-corrected chi connectivity index (χ1v) is 25.5. The Kier molecular flexibility index (Phi) is 34.9. The molecule has 2 heterocycles. The van der Waals surface area contributed by atoms with Crippen LogP contribution in [0.1, 0.15) is 168 Å². The van der Waals surface area contributed by atoms with Crippen LogP contribution in [-0.4, -0.2) is 140 Å². The van der Waals surface area contributed by atoms with Crippen LogP contribution in [0.15, 0.2) is 60.8 Å². The van der Waals surface area contributed by atoms with Crippen molar-refractivity contribution in [2.45, 2.75) is 242 Å². The molecule has 0 bridgehead atoms. The molecular weight excluding hydrogens is 847 g/mol. The van der Waals surface area contributed by atoms with Gasteiger partial charge in [0.1, 0.15) is 48.8 Å². The lowest BCUT2D eigenvalue weighted by molar-refractivity contribution is -0.359. The van der Waals surface area contributed by atoms with Gasteiger partial charge in [-0.1, -0.05) is 164 Å². The number of aliphatic hydroxyl groups is 8. The first-order valence-electron chi connectivity index (χ1n) is 25.5. The maximum absolute atomic E-state index is 13.0. The lowest BCUT2D eigenvalue weighted by atomic mass is 9.97. The van der Waals surface area contributed by atoms with Crippen molar-refractivity contribution in [1.29, 1.82) is 0 Å². The summed E-state index contributed by atoms with van der Waals surface area (Å²) in [6.07, 6.45) is 30.6. The molecule has 0 aromatic carbocycles. The number of hydrogen-bond donors (Lipinski definition) is 9. The SMILES string of the molecule is CC/C=C\C/C=C\C/C=C\C/C=C\C/C=C\CCCCCCCCCCCCCCCC(=O)NC(COC1OC(CO)C(OC2OC(CO)C(O)C(O)C2O)C(O)C1O)C(O)CCCCC. The molecule has 14 nitrogen and oxygen atoms in total. The summed E-state index contributed by atoms with van der Waals surface area (Å²) in [7, 11) is 0. The summed E-state index contributed by atoms with van der Waals surface area (Å²) in [6, 6.07) is -0.826. The number of unbranched alkanes of at least 4 members (excludes halogenated alkanes) is 15. The average Bonchev–Trinajstić information content (AvgIpc) is 3.31. The van der Waals surface area contributed by atoms with E-state index in [9.17, 15) is 45.6 Å². The highest BCUT2D eigenvalue weighted by atomic mass is 16.7. The van der Waals surface area contributed by atoms with Crippen molar-refractivity contribution < 1.29 is 64.6 Å². The van der Waals surface area contributed by atoms with E-state index in [2.05, 4.69) is 73.0 Å². The molecule has 0 radical (unpaired) electrons. The summed E-state index contributed by atoms with van der Waals surface area (Å²) in [5.74, 6) is -0.223. The number of carbonyl (C=O) groups is 1. The number of rotatable bonds is 38. The topological polar surface area (TPSA) is 228 Å². The quantitative estimate of drug-likeness (QED) is 0.0234. The third kappa shape index (κ3) is 25.3. The Balaban J connectivity index is 1.57. The maximum atomic E-state index is 13.0. The van der Waals surface area contributed by atoms with Gasteiger partial charge in [0, 0.05) is 6.42 Å². The number of nitrogens with one attached hydrogen (secondary N) is 1. The minimum Gasteiger partial charge on any atom is -0.394 e. The average molecular weight is 938 g/mol. The smallest absolute Gasteiger partial charge is 0.220 e. The summed E-state index contributed by atoms with van der Waals surface area (Å²) in [5, 5.41) is 86.0. The maximum Gasteiger partial charge on any atom is 0.220 e. The number of aliphatic hydroxyl groups excluding tert-OH is 8. The van der Waals surface area contributed by atoms with Gasteiger partial charge in [-0.3, -0.25) is 4.79 Å². The van der Waals surface area contributed by atoms with E-state index in [-0.39, 0.29) is 12.5 Å². The number of ether oxygens (including phenoxy) is 4. The molecule has 66 heavy (non-hydrogen) atoms. The molecule has 0 spiro atoms. The summed E-state index contributed by atoms with van der Waals surface area (Å²) >= 11 is 0. The van der Waals surface area contributed by atoms with E-state index in [0.29, 0.717) is 12.8 Å². The Bertz CT molecular complexity index is 1340. The normalized spacial score (nSPS) is 27.3. The Morgan fingerprint density at radius 1 is 0.561 bits per heavy atom. The molecule has 1 amide bonds. The Morgan fingerprint density at radius 3 is 1.58 bits per heavy atom. The van der Waals surface area contributed by atoms with Crippen molar-refractivity contribution in [3.63, 3.8) is 0 Å². The molecule has 12 unspecified atom stereocenters. The van der Waals surface area contributed by atoms with E-state index in [1.165, 1.54) is 64.2 Å². The van der Waals surface area contributed by atoms with Gasteiger partial charge >= 0.3 is 0 Å². The van der Waals surface area contributed by atoms with E-state index < -0.39 is 86.8 Å². The van der Waals surface area contributed by atoms with Crippen LogP contribution in [0, 0.1) is 0 Å². The number of hydrogen-bond acceptors (Lipinski definition) is 13. The lowest BCUT2D eigenvalue weighted by Gasteiger charge is -2.46. The molecule has 382 valence electrons. The highest BCUT2D eigenvalue weighted by Gasteiger charge is 2.51. The van der Waals surface area contributed by atoms with Crippen molar-refractivity contribution in [2.24, 2.45) is 0 Å². The minimum absolute atomic E-state index is 0.223. The zero-order chi connectivity index (χ0) is 48.2. The van der Waals surface area contributed by atoms with Gasteiger partial charge in [0.2, 0.25) is 5.91 Å². The minimum atomic E-state index is -1.78. The van der Waals surface area contributed by atoms with Crippen molar-refractivity contribution >= 4 is 5.91 Å². The Hall–Kier alpha value is -2.31. The molecule has 12 atom stereocenters. The van der Waals surface area contributed by atoms with Gasteiger partial charge in [-0.15, -0.1) is 0 Å². The molecule has 2 aliphatic rings. The van der Waals surface area contributed by atoms with Gasteiger partial charge in [0.15, 0.2) is 12.6 Å². The third-order valence-corrected chi connectivity index (χ3v) is 12.2. The summed E-state index contributed by atoms with van der Waals surface area (Å²) in [5.41, 5.74) is 0. The summed E-state index contributed by atoms with van der Waals surface area (Å²) in [4.78, 5) is 13.0. The Morgan fingerprint density at radius 2 is 1.05 bits per heavy atom.